The number of hydrogen-bond donors (Lipinski definition) is 0. The maximum atomic E-state index is 13.0. The van der Waals surface area contributed by atoms with Gasteiger partial charge in [0.15, 0.2) is 0 Å². The van der Waals surface area contributed by atoms with Crippen molar-refractivity contribution < 1.29 is 0 Å². The lowest BCUT2D eigenvalue weighted by molar-refractivity contribution is 0.745. The van der Waals surface area contributed by atoms with Crippen LogP contribution in [0, 0.1) is 20.8 Å². The van der Waals surface area contributed by atoms with Crippen molar-refractivity contribution in [3.63, 3.8) is 0 Å². The van der Waals surface area contributed by atoms with Crippen LogP contribution in [0.25, 0.3) is 21.3 Å². The largest absolute Gasteiger partial charge is 0.294 e. The maximum absolute atomic E-state index is 13.0. The SMILES string of the molecule is Cc1cccc(-c2csc3c(=O)n(Cc4cc(C)ccc4C)cnc23)c1. The molecule has 2 aromatic heterocycles. The normalized spacial score (nSPS) is 11.2. The van der Waals surface area contributed by atoms with E-state index in [2.05, 4.69) is 62.2 Å². The third-order valence-electron chi connectivity index (χ3n) is 4.72. The van der Waals surface area contributed by atoms with Gasteiger partial charge in [0.2, 0.25) is 0 Å². The van der Waals surface area contributed by atoms with E-state index in [1.807, 2.05) is 11.4 Å². The number of hydrogen-bond acceptors (Lipinski definition) is 3. The molecule has 2 aromatic carbocycles. The number of nitrogens with zero attached hydrogens (tertiary/aromatic N) is 2. The van der Waals surface area contributed by atoms with Gasteiger partial charge in [-0.25, -0.2) is 4.98 Å². The van der Waals surface area contributed by atoms with Crippen molar-refractivity contribution in [3.8, 4) is 11.1 Å². The lowest BCUT2D eigenvalue weighted by atomic mass is 10.1. The number of fused-ring (bicyclic) bond motifs is 1. The third kappa shape index (κ3) is 2.97. The molecule has 130 valence electrons. The molecule has 0 radical (unpaired) electrons. The van der Waals surface area contributed by atoms with Gasteiger partial charge in [0, 0.05) is 10.9 Å². The zero-order valence-corrected chi connectivity index (χ0v) is 15.9. The van der Waals surface area contributed by atoms with E-state index in [0.29, 0.717) is 11.2 Å². The highest BCUT2D eigenvalue weighted by Gasteiger charge is 2.13. The molecule has 0 bridgehead atoms. The quantitative estimate of drug-likeness (QED) is 0.509. The van der Waals surface area contributed by atoms with E-state index in [-0.39, 0.29) is 5.56 Å². The summed E-state index contributed by atoms with van der Waals surface area (Å²) in [5.74, 6) is 0. The van der Waals surface area contributed by atoms with Crippen molar-refractivity contribution in [1.82, 2.24) is 9.55 Å². The van der Waals surface area contributed by atoms with Crippen LogP contribution in [0.15, 0.2) is 59.0 Å². The summed E-state index contributed by atoms with van der Waals surface area (Å²) in [4.78, 5) is 17.6. The summed E-state index contributed by atoms with van der Waals surface area (Å²) in [7, 11) is 0. The highest BCUT2D eigenvalue weighted by Crippen LogP contribution is 2.31. The summed E-state index contributed by atoms with van der Waals surface area (Å²) in [6, 6.07) is 14.6. The second-order valence-corrected chi connectivity index (χ2v) is 7.68. The second kappa shape index (κ2) is 6.54. The third-order valence-corrected chi connectivity index (χ3v) is 5.68. The lowest BCUT2D eigenvalue weighted by Crippen LogP contribution is -2.20. The van der Waals surface area contributed by atoms with Crippen LogP contribution in [-0.4, -0.2) is 9.55 Å². The number of thiophene rings is 1. The summed E-state index contributed by atoms with van der Waals surface area (Å²) in [6.45, 7) is 6.77. The average Bonchev–Trinajstić information content (AvgIpc) is 3.05. The van der Waals surface area contributed by atoms with Crippen LogP contribution in [0.1, 0.15) is 22.3 Å². The van der Waals surface area contributed by atoms with Gasteiger partial charge < -0.3 is 0 Å². The number of benzene rings is 2. The van der Waals surface area contributed by atoms with Gasteiger partial charge in [-0.15, -0.1) is 11.3 Å². The van der Waals surface area contributed by atoms with E-state index in [1.54, 1.807) is 10.9 Å². The molecule has 4 aromatic rings. The molecule has 0 aliphatic heterocycles. The molecular formula is C22H20N2OS. The molecule has 4 heteroatoms. The van der Waals surface area contributed by atoms with Crippen LogP contribution >= 0.6 is 11.3 Å². The first-order chi connectivity index (χ1) is 12.5. The van der Waals surface area contributed by atoms with Gasteiger partial charge >= 0.3 is 0 Å². The number of rotatable bonds is 3. The van der Waals surface area contributed by atoms with E-state index in [1.165, 1.54) is 28.0 Å². The van der Waals surface area contributed by atoms with Gasteiger partial charge in [0.1, 0.15) is 4.70 Å². The summed E-state index contributed by atoms with van der Waals surface area (Å²) in [6.07, 6.45) is 1.68. The fraction of sp³-hybridized carbons (Fsp3) is 0.182. The van der Waals surface area contributed by atoms with Gasteiger partial charge in [-0.05, 0) is 37.5 Å². The highest BCUT2D eigenvalue weighted by atomic mass is 32.1. The van der Waals surface area contributed by atoms with Crippen molar-refractivity contribution in [2.75, 3.05) is 0 Å². The lowest BCUT2D eigenvalue weighted by Gasteiger charge is -2.09. The van der Waals surface area contributed by atoms with Crippen molar-refractivity contribution >= 4 is 21.6 Å². The van der Waals surface area contributed by atoms with Crippen molar-refractivity contribution in [3.05, 3.63) is 86.8 Å². The Hall–Kier alpha value is -2.72. The van der Waals surface area contributed by atoms with Crippen molar-refractivity contribution in [2.24, 2.45) is 0 Å². The molecule has 0 saturated heterocycles. The minimum atomic E-state index is 0.0276. The molecule has 4 rings (SSSR count). The molecule has 3 nitrogen and oxygen atoms in total. The molecule has 2 heterocycles. The highest BCUT2D eigenvalue weighted by molar-refractivity contribution is 7.17. The van der Waals surface area contributed by atoms with Gasteiger partial charge in [-0.2, -0.15) is 0 Å². The molecule has 0 unspecified atom stereocenters. The van der Waals surface area contributed by atoms with E-state index in [0.717, 1.165) is 22.2 Å². The van der Waals surface area contributed by atoms with E-state index >= 15 is 0 Å². The average molecular weight is 360 g/mol. The van der Waals surface area contributed by atoms with Gasteiger partial charge in [-0.1, -0.05) is 53.6 Å². The summed E-state index contributed by atoms with van der Waals surface area (Å²) < 4.78 is 2.43. The van der Waals surface area contributed by atoms with Crippen LogP contribution in [0.2, 0.25) is 0 Å². The predicted molar refractivity (Wildman–Crippen MR) is 109 cm³/mol. The van der Waals surface area contributed by atoms with Crippen LogP contribution in [-0.2, 0) is 6.54 Å². The first-order valence-corrected chi connectivity index (χ1v) is 9.51. The van der Waals surface area contributed by atoms with Crippen LogP contribution in [0.3, 0.4) is 0 Å². The number of aromatic nitrogens is 2. The van der Waals surface area contributed by atoms with E-state index < -0.39 is 0 Å². The molecule has 0 N–H and O–H groups in total. The molecule has 0 aliphatic carbocycles. The summed E-state index contributed by atoms with van der Waals surface area (Å²) >= 11 is 1.48. The zero-order chi connectivity index (χ0) is 18.3. The monoisotopic (exact) mass is 360 g/mol. The maximum Gasteiger partial charge on any atom is 0.271 e. The predicted octanol–water partition coefficient (Wildman–Crippen LogP) is 5.10. The topological polar surface area (TPSA) is 34.9 Å². The number of aryl methyl sites for hydroxylation is 3. The molecular weight excluding hydrogens is 340 g/mol. The Kier molecular flexibility index (Phi) is 4.21. The van der Waals surface area contributed by atoms with E-state index in [9.17, 15) is 4.79 Å². The fourth-order valence-corrected chi connectivity index (χ4v) is 4.20. The van der Waals surface area contributed by atoms with E-state index in [4.69, 9.17) is 0 Å². The Morgan fingerprint density at radius 3 is 2.65 bits per heavy atom. The van der Waals surface area contributed by atoms with Crippen molar-refractivity contribution in [2.45, 2.75) is 27.3 Å². The van der Waals surface area contributed by atoms with Crippen LogP contribution in [0.5, 0.6) is 0 Å². The molecule has 0 spiro atoms. The van der Waals surface area contributed by atoms with Gasteiger partial charge in [0.05, 0.1) is 18.4 Å². The Labute approximate surface area is 156 Å². The summed E-state index contributed by atoms with van der Waals surface area (Å²) in [5.41, 5.74) is 7.70. The second-order valence-electron chi connectivity index (χ2n) is 6.80. The van der Waals surface area contributed by atoms with Crippen LogP contribution in [0.4, 0.5) is 0 Å². The molecule has 26 heavy (non-hydrogen) atoms. The Morgan fingerprint density at radius 2 is 1.85 bits per heavy atom. The molecule has 0 aliphatic rings. The Bertz CT molecular complexity index is 1170. The van der Waals surface area contributed by atoms with Crippen molar-refractivity contribution in [1.29, 1.82) is 0 Å². The first-order valence-electron chi connectivity index (χ1n) is 8.63. The fourth-order valence-electron chi connectivity index (χ4n) is 3.23. The standard InChI is InChI=1S/C22H20N2OS/c1-14-5-4-6-17(9-14)19-12-26-21-20(19)23-13-24(22(21)25)11-18-10-15(2)7-8-16(18)3/h4-10,12-13H,11H2,1-3H3. The zero-order valence-electron chi connectivity index (χ0n) is 15.1. The molecule has 0 atom stereocenters. The first kappa shape index (κ1) is 16.7. The molecule has 0 amide bonds. The molecule has 0 saturated carbocycles. The minimum Gasteiger partial charge on any atom is -0.294 e. The minimum absolute atomic E-state index is 0.0276. The Balaban J connectivity index is 1.79. The van der Waals surface area contributed by atoms with Crippen LogP contribution < -0.4 is 5.56 Å². The Morgan fingerprint density at radius 1 is 1.04 bits per heavy atom. The summed E-state index contributed by atoms with van der Waals surface area (Å²) in [5, 5.41) is 2.04. The molecule has 0 fully saturated rings. The smallest absolute Gasteiger partial charge is 0.271 e. The van der Waals surface area contributed by atoms with Gasteiger partial charge in [-0.3, -0.25) is 9.36 Å². The van der Waals surface area contributed by atoms with Gasteiger partial charge in [0.25, 0.3) is 5.56 Å².